The number of halogens is 2. The van der Waals surface area contributed by atoms with Crippen molar-refractivity contribution in [3.8, 4) is 0 Å². The first kappa shape index (κ1) is 17.7. The Bertz CT molecular complexity index is 507. The van der Waals surface area contributed by atoms with Gasteiger partial charge in [0.25, 0.3) is 0 Å². The fourth-order valence-electron chi connectivity index (χ4n) is 2.76. The normalized spacial score (nSPS) is 18.7. The standard InChI is InChI=1S/C15H24F2N4O2/c1-11(2)9-12-10-23-8-7-20(12)15(22)19-4-3-13-18-5-6-21(13)14(16)17/h5-6,11-12,14H,3-4,7-10H2,1-2H3,(H,19,22)/t12-/m0/s1. The van der Waals surface area contributed by atoms with Crippen LogP contribution in [-0.2, 0) is 11.2 Å². The van der Waals surface area contributed by atoms with Gasteiger partial charge in [-0.15, -0.1) is 0 Å². The maximum absolute atomic E-state index is 12.7. The number of nitrogens with one attached hydrogen (secondary N) is 1. The molecular formula is C15H24F2N4O2. The van der Waals surface area contributed by atoms with Crippen LogP contribution in [0.2, 0.25) is 0 Å². The van der Waals surface area contributed by atoms with Gasteiger partial charge in [0.15, 0.2) is 0 Å². The zero-order valence-electron chi connectivity index (χ0n) is 13.5. The van der Waals surface area contributed by atoms with Gasteiger partial charge in [0.2, 0.25) is 0 Å². The minimum Gasteiger partial charge on any atom is -0.377 e. The summed E-state index contributed by atoms with van der Waals surface area (Å²) in [5.41, 5.74) is 0. The Morgan fingerprint density at radius 1 is 1.52 bits per heavy atom. The number of amides is 2. The number of aromatic nitrogens is 2. The molecule has 2 rings (SSSR count). The number of hydrogen-bond acceptors (Lipinski definition) is 3. The Morgan fingerprint density at radius 2 is 2.30 bits per heavy atom. The maximum atomic E-state index is 12.7. The van der Waals surface area contributed by atoms with Crippen LogP contribution in [0, 0.1) is 5.92 Å². The molecule has 0 spiro atoms. The Morgan fingerprint density at radius 3 is 3.00 bits per heavy atom. The molecule has 0 unspecified atom stereocenters. The fraction of sp³-hybridized carbons (Fsp3) is 0.733. The monoisotopic (exact) mass is 330 g/mol. The lowest BCUT2D eigenvalue weighted by molar-refractivity contribution is 0.00562. The third kappa shape index (κ3) is 4.89. The molecule has 0 aliphatic carbocycles. The van der Waals surface area contributed by atoms with E-state index in [0.717, 1.165) is 11.0 Å². The number of urea groups is 1. The van der Waals surface area contributed by atoms with Crippen molar-refractivity contribution in [3.63, 3.8) is 0 Å². The van der Waals surface area contributed by atoms with E-state index in [1.807, 2.05) is 0 Å². The van der Waals surface area contributed by atoms with Crippen molar-refractivity contribution in [3.05, 3.63) is 18.2 Å². The molecule has 0 aromatic carbocycles. The van der Waals surface area contributed by atoms with Gasteiger partial charge in [0.1, 0.15) is 5.82 Å². The molecule has 130 valence electrons. The van der Waals surface area contributed by atoms with Gasteiger partial charge in [-0.1, -0.05) is 13.8 Å². The molecule has 0 radical (unpaired) electrons. The highest BCUT2D eigenvalue weighted by atomic mass is 19.3. The molecule has 0 saturated carbocycles. The van der Waals surface area contributed by atoms with Crippen LogP contribution in [0.3, 0.4) is 0 Å². The number of morpholine rings is 1. The van der Waals surface area contributed by atoms with Crippen LogP contribution in [0.1, 0.15) is 32.6 Å². The Hall–Kier alpha value is -1.70. The van der Waals surface area contributed by atoms with Crippen LogP contribution in [0.4, 0.5) is 13.6 Å². The number of alkyl halides is 2. The van der Waals surface area contributed by atoms with Crippen LogP contribution < -0.4 is 5.32 Å². The quantitative estimate of drug-likeness (QED) is 0.870. The van der Waals surface area contributed by atoms with Crippen molar-refractivity contribution in [2.45, 2.75) is 39.3 Å². The second-order valence-electron chi connectivity index (χ2n) is 6.06. The summed E-state index contributed by atoms with van der Waals surface area (Å²) in [5, 5.41) is 2.79. The predicted octanol–water partition coefficient (Wildman–Crippen LogP) is 2.28. The van der Waals surface area contributed by atoms with Crippen molar-refractivity contribution in [2.75, 3.05) is 26.3 Å². The summed E-state index contributed by atoms with van der Waals surface area (Å²) in [6, 6.07) is -0.110. The van der Waals surface area contributed by atoms with Gasteiger partial charge in [-0.05, 0) is 12.3 Å². The van der Waals surface area contributed by atoms with Gasteiger partial charge in [-0.2, -0.15) is 8.78 Å². The summed E-state index contributed by atoms with van der Waals surface area (Å²) in [6.45, 7) is 3.49. The molecule has 2 amide bonds. The molecule has 1 fully saturated rings. The minimum absolute atomic E-state index is 0.0619. The van der Waals surface area contributed by atoms with Crippen molar-refractivity contribution in [1.82, 2.24) is 19.8 Å². The van der Waals surface area contributed by atoms with Crippen molar-refractivity contribution >= 4 is 6.03 Å². The summed E-state index contributed by atoms with van der Waals surface area (Å²) >= 11 is 0. The van der Waals surface area contributed by atoms with Gasteiger partial charge < -0.3 is 15.0 Å². The number of rotatable bonds is 6. The zero-order valence-corrected chi connectivity index (χ0v) is 13.5. The molecule has 1 aromatic heterocycles. The zero-order chi connectivity index (χ0) is 16.8. The van der Waals surface area contributed by atoms with Crippen molar-refractivity contribution < 1.29 is 18.3 Å². The smallest absolute Gasteiger partial charge is 0.319 e. The summed E-state index contributed by atoms with van der Waals surface area (Å²) < 4.78 is 31.7. The average molecular weight is 330 g/mol. The molecule has 1 aliphatic heterocycles. The van der Waals surface area contributed by atoms with Crippen LogP contribution in [0.25, 0.3) is 0 Å². The van der Waals surface area contributed by atoms with Crippen molar-refractivity contribution in [2.24, 2.45) is 5.92 Å². The summed E-state index contributed by atoms with van der Waals surface area (Å²) in [7, 11) is 0. The number of hydrogen-bond donors (Lipinski definition) is 1. The molecule has 1 atom stereocenters. The van der Waals surface area contributed by atoms with Crippen LogP contribution in [0.5, 0.6) is 0 Å². The minimum atomic E-state index is -2.61. The van der Waals surface area contributed by atoms with Gasteiger partial charge in [-0.3, -0.25) is 4.57 Å². The van der Waals surface area contributed by atoms with Gasteiger partial charge in [0, 0.05) is 31.9 Å². The number of nitrogens with zero attached hydrogens (tertiary/aromatic N) is 3. The lowest BCUT2D eigenvalue weighted by atomic mass is 10.0. The van der Waals surface area contributed by atoms with Gasteiger partial charge in [0.05, 0.1) is 19.3 Å². The number of ether oxygens (including phenoxy) is 1. The largest absolute Gasteiger partial charge is 0.377 e. The van der Waals surface area contributed by atoms with Crippen LogP contribution in [-0.4, -0.2) is 52.8 Å². The SMILES string of the molecule is CC(C)C[C@H]1COCCN1C(=O)NCCc1nccn1C(F)F. The van der Waals surface area contributed by atoms with E-state index < -0.39 is 6.55 Å². The summed E-state index contributed by atoms with van der Waals surface area (Å²) in [6.07, 6.45) is 3.72. The highest BCUT2D eigenvalue weighted by Crippen LogP contribution is 2.16. The Kier molecular flexibility index (Phi) is 6.32. The van der Waals surface area contributed by atoms with E-state index in [2.05, 4.69) is 24.1 Å². The van der Waals surface area contributed by atoms with Gasteiger partial charge in [-0.25, -0.2) is 9.78 Å². The average Bonchev–Trinajstić information content (AvgIpc) is 2.95. The molecule has 23 heavy (non-hydrogen) atoms. The first-order valence-electron chi connectivity index (χ1n) is 7.91. The lowest BCUT2D eigenvalue weighted by Crippen LogP contribution is -2.53. The summed E-state index contributed by atoms with van der Waals surface area (Å²) in [5.74, 6) is 0.733. The number of carbonyl (C=O) groups is 1. The molecule has 6 nitrogen and oxygen atoms in total. The number of carbonyl (C=O) groups excluding carboxylic acids is 1. The number of imidazole rings is 1. The van der Waals surface area contributed by atoms with E-state index in [0.29, 0.717) is 25.7 Å². The predicted molar refractivity (Wildman–Crippen MR) is 81.4 cm³/mol. The van der Waals surface area contributed by atoms with E-state index in [1.165, 1.54) is 12.4 Å². The fourth-order valence-corrected chi connectivity index (χ4v) is 2.76. The molecular weight excluding hydrogens is 306 g/mol. The van der Waals surface area contributed by atoms with Gasteiger partial charge >= 0.3 is 12.6 Å². The molecule has 1 aromatic rings. The first-order valence-corrected chi connectivity index (χ1v) is 7.91. The highest BCUT2D eigenvalue weighted by Gasteiger charge is 2.27. The summed E-state index contributed by atoms with van der Waals surface area (Å²) in [4.78, 5) is 18.0. The van der Waals surface area contributed by atoms with E-state index in [9.17, 15) is 13.6 Å². The highest BCUT2D eigenvalue weighted by molar-refractivity contribution is 5.74. The van der Waals surface area contributed by atoms with Crippen LogP contribution in [0.15, 0.2) is 12.4 Å². The lowest BCUT2D eigenvalue weighted by Gasteiger charge is -2.36. The van der Waals surface area contributed by atoms with E-state index in [-0.39, 0.29) is 30.9 Å². The maximum Gasteiger partial charge on any atom is 0.319 e. The van der Waals surface area contributed by atoms with E-state index >= 15 is 0 Å². The third-order valence-electron chi connectivity index (χ3n) is 3.82. The molecule has 8 heteroatoms. The van der Waals surface area contributed by atoms with Crippen LogP contribution >= 0.6 is 0 Å². The first-order chi connectivity index (χ1) is 11.0. The topological polar surface area (TPSA) is 59.4 Å². The molecule has 1 N–H and O–H groups in total. The molecule has 1 aliphatic rings. The second-order valence-corrected chi connectivity index (χ2v) is 6.06. The Labute approximate surface area is 134 Å². The molecule has 1 saturated heterocycles. The van der Waals surface area contributed by atoms with E-state index in [4.69, 9.17) is 4.74 Å². The molecule has 2 heterocycles. The van der Waals surface area contributed by atoms with Crippen molar-refractivity contribution in [1.29, 1.82) is 0 Å². The van der Waals surface area contributed by atoms with E-state index in [1.54, 1.807) is 4.90 Å². The Balaban J connectivity index is 1.84. The molecule has 0 bridgehead atoms. The third-order valence-corrected chi connectivity index (χ3v) is 3.82. The second kappa shape index (κ2) is 8.24.